The third kappa shape index (κ3) is 3.81. The van der Waals surface area contributed by atoms with Gasteiger partial charge in [-0.3, -0.25) is 9.59 Å². The normalized spacial score (nSPS) is 21.5. The summed E-state index contributed by atoms with van der Waals surface area (Å²) in [5.74, 6) is 1.16. The molecule has 0 radical (unpaired) electrons. The van der Waals surface area contributed by atoms with Crippen LogP contribution in [0.3, 0.4) is 0 Å². The lowest BCUT2D eigenvalue weighted by molar-refractivity contribution is -0.136. The Morgan fingerprint density at radius 1 is 1.19 bits per heavy atom. The quantitative estimate of drug-likeness (QED) is 0.663. The zero-order valence-electron chi connectivity index (χ0n) is 17.0. The second-order valence-corrected chi connectivity index (χ2v) is 9.12. The molecule has 1 aromatic carbocycles. The van der Waals surface area contributed by atoms with Crippen molar-refractivity contribution in [1.82, 2.24) is 9.88 Å². The number of carbonyl (C=O) groups excluding carboxylic acids is 2. The first-order valence-corrected chi connectivity index (χ1v) is 11.3. The molecule has 2 saturated heterocycles. The van der Waals surface area contributed by atoms with E-state index in [9.17, 15) is 14.9 Å². The molecule has 1 aliphatic carbocycles. The van der Waals surface area contributed by atoms with Gasteiger partial charge in [0.05, 0.1) is 11.6 Å². The number of benzene rings is 1. The summed E-state index contributed by atoms with van der Waals surface area (Å²) in [5, 5.41) is 9.41. The van der Waals surface area contributed by atoms with E-state index in [1.807, 2.05) is 34.1 Å². The summed E-state index contributed by atoms with van der Waals surface area (Å²) in [6, 6.07) is 9.69. The van der Waals surface area contributed by atoms with E-state index in [4.69, 9.17) is 4.42 Å². The van der Waals surface area contributed by atoms with Crippen LogP contribution in [0, 0.1) is 17.2 Å². The number of aromatic nitrogens is 1. The van der Waals surface area contributed by atoms with E-state index in [2.05, 4.69) is 27.0 Å². The topological polar surface area (TPSA) is 93.7 Å². The molecule has 1 aromatic heterocycles. The van der Waals surface area contributed by atoms with Gasteiger partial charge in [0.2, 0.25) is 29.3 Å². The van der Waals surface area contributed by atoms with Crippen molar-refractivity contribution in [3.63, 3.8) is 0 Å². The van der Waals surface area contributed by atoms with Crippen molar-refractivity contribution in [1.29, 1.82) is 5.26 Å². The Labute approximate surface area is 188 Å². The number of halogens is 1. The third-order valence-corrected chi connectivity index (χ3v) is 6.82. The molecule has 3 aliphatic rings. The van der Waals surface area contributed by atoms with Crippen LogP contribution in [0.5, 0.6) is 0 Å². The molecule has 2 amide bonds. The highest BCUT2D eigenvalue weighted by atomic mass is 79.9. The highest BCUT2D eigenvalue weighted by molar-refractivity contribution is 9.10. The molecule has 2 aromatic rings. The molecule has 31 heavy (non-hydrogen) atoms. The number of oxazole rings is 1. The summed E-state index contributed by atoms with van der Waals surface area (Å²) in [6.45, 7) is 2.61. The molecule has 5 rings (SSSR count). The molecular weight excluding hydrogens is 462 g/mol. The molecule has 0 spiro atoms. The standard InChI is InChI=1S/C22H22BrN5O3/c23-16-3-1-2-4-18(16)28-13-15(11-19(28)29)21(30)26-7-9-27(10-8-26)22-17(12-24)25-20(31-22)14-5-6-14/h1-4,14-15H,5-11,13H2/t15-/m1/s1. The zero-order chi connectivity index (χ0) is 21.5. The van der Waals surface area contributed by atoms with E-state index in [0.717, 1.165) is 23.0 Å². The Balaban J connectivity index is 1.22. The zero-order valence-corrected chi connectivity index (χ0v) is 18.5. The average Bonchev–Trinajstić information content (AvgIpc) is 3.44. The maximum absolute atomic E-state index is 13.1. The molecule has 3 fully saturated rings. The second kappa shape index (κ2) is 8.00. The largest absolute Gasteiger partial charge is 0.423 e. The number of rotatable bonds is 4. The van der Waals surface area contributed by atoms with E-state index in [1.165, 1.54) is 0 Å². The fourth-order valence-corrected chi connectivity index (χ4v) is 4.78. The molecule has 0 N–H and O–H groups in total. The van der Waals surface area contributed by atoms with E-state index in [1.54, 1.807) is 4.90 Å². The van der Waals surface area contributed by atoms with E-state index in [0.29, 0.717) is 56.1 Å². The van der Waals surface area contributed by atoms with Gasteiger partial charge in [0.25, 0.3) is 0 Å². The van der Waals surface area contributed by atoms with Crippen molar-refractivity contribution >= 4 is 39.3 Å². The van der Waals surface area contributed by atoms with Gasteiger partial charge < -0.3 is 19.1 Å². The summed E-state index contributed by atoms with van der Waals surface area (Å²) in [6.07, 6.45) is 2.35. The predicted octanol–water partition coefficient (Wildman–Crippen LogP) is 2.89. The van der Waals surface area contributed by atoms with Crippen molar-refractivity contribution in [3.8, 4) is 6.07 Å². The van der Waals surface area contributed by atoms with Crippen molar-refractivity contribution in [2.75, 3.05) is 42.5 Å². The Morgan fingerprint density at radius 3 is 2.61 bits per heavy atom. The predicted molar refractivity (Wildman–Crippen MR) is 117 cm³/mol. The number of hydrogen-bond donors (Lipinski definition) is 0. The van der Waals surface area contributed by atoms with Crippen LogP contribution in [0.4, 0.5) is 11.6 Å². The lowest BCUT2D eigenvalue weighted by Gasteiger charge is -2.35. The molecule has 2 aliphatic heterocycles. The molecule has 160 valence electrons. The minimum atomic E-state index is -0.340. The summed E-state index contributed by atoms with van der Waals surface area (Å²) in [7, 11) is 0. The summed E-state index contributed by atoms with van der Waals surface area (Å²) in [4.78, 5) is 35.5. The van der Waals surface area contributed by atoms with Crippen LogP contribution in [0.15, 0.2) is 33.2 Å². The van der Waals surface area contributed by atoms with Crippen LogP contribution in [0.2, 0.25) is 0 Å². The van der Waals surface area contributed by atoms with Crippen LogP contribution in [0.25, 0.3) is 0 Å². The monoisotopic (exact) mass is 483 g/mol. The van der Waals surface area contributed by atoms with Crippen LogP contribution >= 0.6 is 15.9 Å². The Bertz CT molecular complexity index is 1070. The maximum atomic E-state index is 13.1. The van der Waals surface area contributed by atoms with Gasteiger partial charge >= 0.3 is 0 Å². The number of anilines is 2. The minimum absolute atomic E-state index is 0.0132. The number of para-hydroxylation sites is 1. The van der Waals surface area contributed by atoms with Gasteiger partial charge in [-0.15, -0.1) is 0 Å². The second-order valence-electron chi connectivity index (χ2n) is 8.26. The Hall–Kier alpha value is -2.86. The number of carbonyl (C=O) groups is 2. The molecular formula is C22H22BrN5O3. The lowest BCUT2D eigenvalue weighted by atomic mass is 10.1. The smallest absolute Gasteiger partial charge is 0.234 e. The fourth-order valence-electron chi connectivity index (χ4n) is 4.28. The van der Waals surface area contributed by atoms with E-state index >= 15 is 0 Å². The van der Waals surface area contributed by atoms with Crippen molar-refractivity contribution in [2.45, 2.75) is 25.2 Å². The van der Waals surface area contributed by atoms with Gasteiger partial charge in [0, 0.05) is 49.5 Å². The van der Waals surface area contributed by atoms with Gasteiger partial charge in [-0.05, 0) is 40.9 Å². The number of nitrogens with zero attached hydrogens (tertiary/aromatic N) is 5. The summed E-state index contributed by atoms with van der Waals surface area (Å²) in [5.41, 5.74) is 1.13. The van der Waals surface area contributed by atoms with Gasteiger partial charge in [-0.2, -0.15) is 5.26 Å². The Kier molecular flexibility index (Phi) is 5.18. The molecule has 9 heteroatoms. The fraction of sp³-hybridized carbons (Fsp3) is 0.455. The summed E-state index contributed by atoms with van der Waals surface area (Å²) < 4.78 is 6.73. The van der Waals surface area contributed by atoms with Crippen LogP contribution < -0.4 is 9.80 Å². The molecule has 1 atom stereocenters. The van der Waals surface area contributed by atoms with Gasteiger partial charge in [-0.1, -0.05) is 12.1 Å². The highest BCUT2D eigenvalue weighted by Crippen LogP contribution is 2.41. The van der Waals surface area contributed by atoms with E-state index in [-0.39, 0.29) is 24.2 Å². The highest BCUT2D eigenvalue weighted by Gasteiger charge is 2.39. The minimum Gasteiger partial charge on any atom is -0.423 e. The first-order valence-electron chi connectivity index (χ1n) is 10.5. The van der Waals surface area contributed by atoms with Gasteiger partial charge in [0.15, 0.2) is 0 Å². The molecule has 0 unspecified atom stereocenters. The number of hydrogen-bond acceptors (Lipinski definition) is 6. The molecule has 1 saturated carbocycles. The van der Waals surface area contributed by atoms with Gasteiger partial charge in [-0.25, -0.2) is 4.98 Å². The van der Waals surface area contributed by atoms with Crippen molar-refractivity contribution in [3.05, 3.63) is 40.3 Å². The maximum Gasteiger partial charge on any atom is 0.234 e. The molecule has 8 nitrogen and oxygen atoms in total. The first kappa shape index (κ1) is 20.1. The molecule has 3 heterocycles. The number of nitriles is 1. The number of amides is 2. The molecule has 0 bridgehead atoms. The van der Waals surface area contributed by atoms with Crippen molar-refractivity contribution < 1.29 is 14.0 Å². The van der Waals surface area contributed by atoms with Crippen LogP contribution in [0.1, 0.15) is 36.8 Å². The Morgan fingerprint density at radius 2 is 1.94 bits per heavy atom. The first-order chi connectivity index (χ1) is 15.0. The van der Waals surface area contributed by atoms with Gasteiger partial charge in [0.1, 0.15) is 6.07 Å². The summed E-state index contributed by atoms with van der Waals surface area (Å²) >= 11 is 3.49. The van der Waals surface area contributed by atoms with E-state index < -0.39 is 0 Å². The SMILES string of the molecule is N#Cc1nc(C2CC2)oc1N1CCN(C(=O)[C@@H]2CC(=O)N(c3ccccc3Br)C2)CC1. The van der Waals surface area contributed by atoms with Crippen molar-refractivity contribution in [2.24, 2.45) is 5.92 Å². The lowest BCUT2D eigenvalue weighted by Crippen LogP contribution is -2.50. The number of piperazine rings is 1. The van der Waals surface area contributed by atoms with Crippen LogP contribution in [-0.4, -0.2) is 54.4 Å². The average molecular weight is 484 g/mol. The van der Waals surface area contributed by atoms with Crippen LogP contribution in [-0.2, 0) is 9.59 Å². The third-order valence-electron chi connectivity index (χ3n) is 6.15.